The molecule has 5 nitrogen and oxygen atoms in total. The zero-order chi connectivity index (χ0) is 11.1. The normalized spacial score (nSPS) is 9.67. The fraction of sp³-hybridized carbons (Fsp3) is 0.500. The van der Waals surface area contributed by atoms with Crippen LogP contribution in [0.5, 0.6) is 0 Å². The van der Waals surface area contributed by atoms with Gasteiger partial charge in [0.15, 0.2) is 11.5 Å². The summed E-state index contributed by atoms with van der Waals surface area (Å²) < 4.78 is 0. The topological polar surface area (TPSA) is 73.0 Å². The van der Waals surface area contributed by atoms with E-state index in [4.69, 9.17) is 10.4 Å². The first-order chi connectivity index (χ1) is 7.33. The number of rotatable bonds is 5. The zero-order valence-electron chi connectivity index (χ0n) is 8.72. The third kappa shape index (κ3) is 2.89. The average Bonchev–Trinajstić information content (AvgIpc) is 2.30. The molecule has 1 heterocycles. The summed E-state index contributed by atoms with van der Waals surface area (Å²) >= 11 is 0. The Kier molecular flexibility index (Phi) is 4.51. The molecule has 0 aliphatic rings. The van der Waals surface area contributed by atoms with Gasteiger partial charge >= 0.3 is 0 Å². The van der Waals surface area contributed by atoms with Gasteiger partial charge in [0, 0.05) is 32.1 Å². The molecule has 0 aliphatic heterocycles. The highest BCUT2D eigenvalue weighted by Gasteiger charge is 2.10. The Morgan fingerprint density at radius 1 is 1.47 bits per heavy atom. The fourth-order valence-electron chi connectivity index (χ4n) is 1.32. The minimum Gasteiger partial charge on any atom is -0.396 e. The highest BCUT2D eigenvalue weighted by Crippen LogP contribution is 2.13. The van der Waals surface area contributed by atoms with E-state index in [1.807, 2.05) is 17.9 Å². The van der Waals surface area contributed by atoms with Crippen LogP contribution in [0.3, 0.4) is 0 Å². The third-order valence-electron chi connectivity index (χ3n) is 2.05. The number of anilines is 1. The first-order valence-electron chi connectivity index (χ1n) is 4.90. The number of aromatic nitrogens is 2. The first-order valence-corrected chi connectivity index (χ1v) is 4.90. The fourth-order valence-corrected chi connectivity index (χ4v) is 1.32. The molecule has 0 aliphatic carbocycles. The van der Waals surface area contributed by atoms with Crippen molar-refractivity contribution in [3.8, 4) is 6.07 Å². The highest BCUT2D eigenvalue weighted by molar-refractivity contribution is 5.49. The number of nitrogens with zero attached hydrogens (tertiary/aromatic N) is 4. The van der Waals surface area contributed by atoms with Gasteiger partial charge in [-0.1, -0.05) is 0 Å². The molecule has 0 spiro atoms. The van der Waals surface area contributed by atoms with Crippen molar-refractivity contribution in [2.24, 2.45) is 0 Å². The maximum Gasteiger partial charge on any atom is 0.183 e. The number of nitriles is 1. The summed E-state index contributed by atoms with van der Waals surface area (Å²) in [5.74, 6) is 0.593. The number of aliphatic hydroxyl groups is 1. The minimum atomic E-state index is 0.138. The van der Waals surface area contributed by atoms with E-state index in [9.17, 15) is 0 Å². The summed E-state index contributed by atoms with van der Waals surface area (Å²) in [5.41, 5.74) is 0.331. The van der Waals surface area contributed by atoms with Crippen LogP contribution in [0.2, 0.25) is 0 Å². The van der Waals surface area contributed by atoms with Crippen molar-refractivity contribution in [2.75, 3.05) is 24.6 Å². The summed E-state index contributed by atoms with van der Waals surface area (Å²) in [5, 5.41) is 17.6. The largest absolute Gasteiger partial charge is 0.396 e. The molecule has 0 aromatic carbocycles. The molecule has 5 heteroatoms. The molecule has 0 atom stereocenters. The van der Waals surface area contributed by atoms with E-state index >= 15 is 0 Å². The van der Waals surface area contributed by atoms with Crippen LogP contribution in [0.15, 0.2) is 12.4 Å². The van der Waals surface area contributed by atoms with Crippen LogP contribution in [-0.4, -0.2) is 34.8 Å². The van der Waals surface area contributed by atoms with E-state index < -0.39 is 0 Å². The predicted molar refractivity (Wildman–Crippen MR) is 56.3 cm³/mol. The second kappa shape index (κ2) is 5.94. The van der Waals surface area contributed by atoms with E-state index in [0.29, 0.717) is 24.5 Å². The van der Waals surface area contributed by atoms with Crippen LogP contribution >= 0.6 is 0 Å². The molecular weight excluding hydrogens is 192 g/mol. The van der Waals surface area contributed by atoms with Gasteiger partial charge in [0.25, 0.3) is 0 Å². The number of hydrogen-bond acceptors (Lipinski definition) is 5. The predicted octanol–water partition coefficient (Wildman–Crippen LogP) is 0.557. The van der Waals surface area contributed by atoms with E-state index in [-0.39, 0.29) is 6.61 Å². The van der Waals surface area contributed by atoms with Crippen molar-refractivity contribution >= 4 is 5.82 Å². The number of hydrogen-bond donors (Lipinski definition) is 1. The molecule has 0 saturated carbocycles. The van der Waals surface area contributed by atoms with E-state index in [1.165, 1.54) is 6.20 Å². The molecule has 1 N–H and O–H groups in total. The molecule has 1 aromatic rings. The molecule has 1 rings (SSSR count). The monoisotopic (exact) mass is 206 g/mol. The van der Waals surface area contributed by atoms with Crippen molar-refractivity contribution in [1.29, 1.82) is 5.26 Å². The van der Waals surface area contributed by atoms with Crippen molar-refractivity contribution in [3.05, 3.63) is 18.1 Å². The molecule has 80 valence electrons. The Labute approximate surface area is 89.0 Å². The van der Waals surface area contributed by atoms with Gasteiger partial charge < -0.3 is 10.0 Å². The Morgan fingerprint density at radius 3 is 2.80 bits per heavy atom. The maximum absolute atomic E-state index is 8.86. The lowest BCUT2D eigenvalue weighted by atomic mass is 10.3. The molecule has 0 saturated heterocycles. The summed E-state index contributed by atoms with van der Waals surface area (Å²) in [4.78, 5) is 10.0. The molecule has 1 aromatic heterocycles. The lowest BCUT2D eigenvalue weighted by Gasteiger charge is -2.21. The van der Waals surface area contributed by atoms with E-state index in [0.717, 1.165) is 6.54 Å². The lowest BCUT2D eigenvalue weighted by molar-refractivity contribution is 0.289. The van der Waals surface area contributed by atoms with Crippen LogP contribution in [-0.2, 0) is 0 Å². The Morgan fingerprint density at radius 2 is 2.20 bits per heavy atom. The first kappa shape index (κ1) is 11.4. The minimum absolute atomic E-state index is 0.138. The van der Waals surface area contributed by atoms with Crippen LogP contribution in [0.4, 0.5) is 5.82 Å². The summed E-state index contributed by atoms with van der Waals surface area (Å²) in [6.45, 7) is 3.54. The van der Waals surface area contributed by atoms with Gasteiger partial charge in [-0.25, -0.2) is 9.97 Å². The zero-order valence-corrected chi connectivity index (χ0v) is 8.72. The standard InChI is InChI=1S/C10H14N4O/c1-2-14(6-3-7-15)10-9(8-11)12-4-5-13-10/h4-5,15H,2-3,6-7H2,1H3. The quantitative estimate of drug-likeness (QED) is 0.762. The van der Waals surface area contributed by atoms with Gasteiger partial charge in [0.05, 0.1) is 0 Å². The van der Waals surface area contributed by atoms with Gasteiger partial charge in [0.2, 0.25) is 0 Å². The van der Waals surface area contributed by atoms with Gasteiger partial charge in [-0.15, -0.1) is 0 Å². The van der Waals surface area contributed by atoms with E-state index in [2.05, 4.69) is 9.97 Å². The van der Waals surface area contributed by atoms with Gasteiger partial charge in [-0.2, -0.15) is 5.26 Å². The van der Waals surface area contributed by atoms with Crippen LogP contribution in [0.25, 0.3) is 0 Å². The lowest BCUT2D eigenvalue weighted by Crippen LogP contribution is -2.26. The molecule has 0 radical (unpaired) electrons. The molecule has 0 unspecified atom stereocenters. The highest BCUT2D eigenvalue weighted by atomic mass is 16.3. The van der Waals surface area contributed by atoms with Crippen molar-refractivity contribution in [2.45, 2.75) is 13.3 Å². The summed E-state index contributed by atoms with van der Waals surface area (Å²) in [7, 11) is 0. The second-order valence-corrected chi connectivity index (χ2v) is 3.00. The Bertz CT molecular complexity index is 348. The molecule has 15 heavy (non-hydrogen) atoms. The summed E-state index contributed by atoms with van der Waals surface area (Å²) in [6, 6.07) is 2.01. The SMILES string of the molecule is CCN(CCCO)c1nccnc1C#N. The van der Waals surface area contributed by atoms with Crippen molar-refractivity contribution in [3.63, 3.8) is 0 Å². The average molecular weight is 206 g/mol. The van der Waals surface area contributed by atoms with Gasteiger partial charge in [-0.3, -0.25) is 0 Å². The number of aliphatic hydroxyl groups excluding tert-OH is 1. The molecule has 0 fully saturated rings. The Hall–Kier alpha value is -1.67. The van der Waals surface area contributed by atoms with Crippen LogP contribution < -0.4 is 4.90 Å². The smallest absolute Gasteiger partial charge is 0.183 e. The van der Waals surface area contributed by atoms with Crippen LogP contribution in [0, 0.1) is 11.3 Å². The Balaban J connectivity index is 2.86. The van der Waals surface area contributed by atoms with Gasteiger partial charge in [0.1, 0.15) is 6.07 Å². The third-order valence-corrected chi connectivity index (χ3v) is 2.05. The molecular formula is C10H14N4O. The maximum atomic E-state index is 8.86. The second-order valence-electron chi connectivity index (χ2n) is 3.00. The van der Waals surface area contributed by atoms with E-state index in [1.54, 1.807) is 6.20 Å². The molecule has 0 amide bonds. The van der Waals surface area contributed by atoms with Gasteiger partial charge in [-0.05, 0) is 13.3 Å². The van der Waals surface area contributed by atoms with Crippen molar-refractivity contribution < 1.29 is 5.11 Å². The van der Waals surface area contributed by atoms with Crippen LogP contribution in [0.1, 0.15) is 19.0 Å². The summed E-state index contributed by atoms with van der Waals surface area (Å²) in [6.07, 6.45) is 3.73. The van der Waals surface area contributed by atoms with Crippen molar-refractivity contribution in [1.82, 2.24) is 9.97 Å². The molecule has 0 bridgehead atoms.